The Morgan fingerprint density at radius 2 is 1.54 bits per heavy atom. The molecule has 0 amide bonds. The molecule has 0 saturated heterocycles. The van der Waals surface area contributed by atoms with Crippen molar-refractivity contribution in [3.63, 3.8) is 0 Å². The van der Waals surface area contributed by atoms with Gasteiger partial charge in [-0.3, -0.25) is 4.31 Å². The van der Waals surface area contributed by atoms with Crippen LogP contribution in [0, 0.1) is 6.92 Å². The number of aryl methyl sites for hydroxylation is 1. The molecular formula is C28H25NO5S. The first-order valence-corrected chi connectivity index (χ1v) is 12.6. The first-order valence-electron chi connectivity index (χ1n) is 11.1. The van der Waals surface area contributed by atoms with Gasteiger partial charge in [-0.05, 0) is 54.5 Å². The lowest BCUT2D eigenvalue weighted by atomic mass is 9.90. The third-order valence-corrected chi connectivity index (χ3v) is 7.91. The second kappa shape index (κ2) is 9.00. The van der Waals surface area contributed by atoms with Crippen LogP contribution in [0.5, 0.6) is 11.5 Å². The molecule has 1 aliphatic rings. The maximum Gasteiger partial charge on any atom is 0.265 e. The summed E-state index contributed by atoms with van der Waals surface area (Å²) in [7, 11) is -0.893. The van der Waals surface area contributed by atoms with E-state index in [2.05, 4.69) is 0 Å². The molecule has 3 aromatic carbocycles. The molecule has 0 fully saturated rings. The molecule has 4 aromatic rings. The van der Waals surface area contributed by atoms with E-state index in [4.69, 9.17) is 13.9 Å². The van der Waals surface area contributed by atoms with E-state index in [9.17, 15) is 8.42 Å². The molecule has 6 nitrogen and oxygen atoms in total. The smallest absolute Gasteiger partial charge is 0.265 e. The Bertz CT molecular complexity index is 1470. The SMILES string of the molecule is COc1cc2c(cc1OC)N(S(=O)(=O)c1ccc(C)cc1)C(c1ccco1)C=C2c1ccccc1. The lowest BCUT2D eigenvalue weighted by Gasteiger charge is -2.36. The number of methoxy groups -OCH3 is 2. The number of fused-ring (bicyclic) bond motifs is 1. The van der Waals surface area contributed by atoms with Crippen LogP contribution in [0.3, 0.4) is 0 Å². The molecule has 178 valence electrons. The van der Waals surface area contributed by atoms with Crippen LogP contribution in [-0.2, 0) is 10.0 Å². The summed E-state index contributed by atoms with van der Waals surface area (Å²) in [5, 5.41) is 0. The number of sulfonamides is 1. The summed E-state index contributed by atoms with van der Waals surface area (Å²) < 4.78 is 46.6. The molecule has 35 heavy (non-hydrogen) atoms. The highest BCUT2D eigenvalue weighted by molar-refractivity contribution is 7.92. The topological polar surface area (TPSA) is 69.0 Å². The van der Waals surface area contributed by atoms with Crippen molar-refractivity contribution in [2.24, 2.45) is 0 Å². The van der Waals surface area contributed by atoms with Crippen molar-refractivity contribution in [3.8, 4) is 11.5 Å². The first-order chi connectivity index (χ1) is 16.9. The molecule has 0 saturated carbocycles. The van der Waals surface area contributed by atoms with Crippen LogP contribution >= 0.6 is 0 Å². The Labute approximate surface area is 205 Å². The molecule has 0 N–H and O–H groups in total. The number of nitrogens with zero attached hydrogens (tertiary/aromatic N) is 1. The Balaban J connectivity index is 1.82. The fourth-order valence-electron chi connectivity index (χ4n) is 4.36. The van der Waals surface area contributed by atoms with Crippen LogP contribution < -0.4 is 13.8 Å². The number of hydrogen-bond acceptors (Lipinski definition) is 5. The highest BCUT2D eigenvalue weighted by Crippen LogP contribution is 2.49. The first kappa shape index (κ1) is 22.8. The summed E-state index contributed by atoms with van der Waals surface area (Å²) in [6.45, 7) is 1.92. The standard InChI is InChI=1S/C28H25NO5S/c1-19-11-13-21(14-12-19)35(30,31)29-24-18-28(33-3)27(32-2)17-23(24)22(20-8-5-4-6-9-20)16-25(29)26-10-7-15-34-26/h4-18,25H,1-3H3. The largest absolute Gasteiger partial charge is 0.493 e. The maximum atomic E-state index is 14.1. The number of furan rings is 1. The molecule has 0 aliphatic carbocycles. The Kier molecular flexibility index (Phi) is 5.86. The quantitative estimate of drug-likeness (QED) is 0.334. The fourth-order valence-corrected chi connectivity index (χ4v) is 5.94. The van der Waals surface area contributed by atoms with Crippen molar-refractivity contribution in [1.29, 1.82) is 0 Å². The average Bonchev–Trinajstić information content (AvgIpc) is 3.42. The molecule has 0 bridgehead atoms. The van der Waals surface area contributed by atoms with Crippen molar-refractivity contribution in [1.82, 2.24) is 0 Å². The van der Waals surface area contributed by atoms with Gasteiger partial charge in [-0.1, -0.05) is 48.0 Å². The second-order valence-corrected chi connectivity index (χ2v) is 10.1. The van der Waals surface area contributed by atoms with Crippen LogP contribution in [0.15, 0.2) is 101 Å². The lowest BCUT2D eigenvalue weighted by Crippen LogP contribution is -2.36. The van der Waals surface area contributed by atoms with Gasteiger partial charge in [0.15, 0.2) is 11.5 Å². The number of ether oxygens (including phenoxy) is 2. The van der Waals surface area contributed by atoms with Gasteiger partial charge < -0.3 is 13.9 Å². The maximum absolute atomic E-state index is 14.1. The molecule has 0 radical (unpaired) electrons. The number of rotatable bonds is 6. The zero-order chi connectivity index (χ0) is 24.6. The minimum Gasteiger partial charge on any atom is -0.493 e. The summed E-state index contributed by atoms with van der Waals surface area (Å²) in [4.78, 5) is 0.192. The predicted octanol–water partition coefficient (Wildman–Crippen LogP) is 5.99. The van der Waals surface area contributed by atoms with Crippen molar-refractivity contribution < 1.29 is 22.3 Å². The third kappa shape index (κ3) is 3.98. The summed E-state index contributed by atoms with van der Waals surface area (Å²) in [6.07, 6.45) is 3.47. The summed E-state index contributed by atoms with van der Waals surface area (Å²) >= 11 is 0. The van der Waals surface area contributed by atoms with E-state index in [1.165, 1.54) is 11.4 Å². The number of anilines is 1. The van der Waals surface area contributed by atoms with E-state index in [0.29, 0.717) is 28.5 Å². The van der Waals surface area contributed by atoms with Gasteiger partial charge in [-0.2, -0.15) is 0 Å². The molecule has 1 atom stereocenters. The van der Waals surface area contributed by atoms with Crippen LogP contribution in [0.2, 0.25) is 0 Å². The molecule has 1 aliphatic heterocycles. The monoisotopic (exact) mass is 487 g/mol. The predicted molar refractivity (Wildman–Crippen MR) is 135 cm³/mol. The Hall–Kier alpha value is -3.97. The number of benzene rings is 3. The van der Waals surface area contributed by atoms with Gasteiger partial charge in [0.05, 0.1) is 31.1 Å². The van der Waals surface area contributed by atoms with Crippen LogP contribution in [0.1, 0.15) is 28.5 Å². The van der Waals surface area contributed by atoms with Crippen molar-refractivity contribution in [3.05, 3.63) is 114 Å². The summed E-state index contributed by atoms with van der Waals surface area (Å²) in [6, 6.07) is 23.0. The minimum absolute atomic E-state index is 0.192. The van der Waals surface area contributed by atoms with Crippen LogP contribution in [0.25, 0.3) is 5.57 Å². The molecule has 0 spiro atoms. The fraction of sp³-hybridized carbons (Fsp3) is 0.143. The van der Waals surface area contributed by atoms with E-state index in [-0.39, 0.29) is 4.90 Å². The van der Waals surface area contributed by atoms with Gasteiger partial charge in [0.25, 0.3) is 10.0 Å². The minimum atomic E-state index is -3.99. The van der Waals surface area contributed by atoms with Crippen LogP contribution in [-0.4, -0.2) is 22.6 Å². The Morgan fingerprint density at radius 3 is 2.17 bits per heavy atom. The normalized spacial score (nSPS) is 15.3. The van der Waals surface area contributed by atoms with E-state index in [1.807, 2.05) is 49.4 Å². The summed E-state index contributed by atoms with van der Waals surface area (Å²) in [5.41, 5.74) is 3.99. The Morgan fingerprint density at radius 1 is 0.857 bits per heavy atom. The lowest BCUT2D eigenvalue weighted by molar-refractivity contribution is 0.355. The van der Waals surface area contributed by atoms with Gasteiger partial charge in [-0.15, -0.1) is 0 Å². The van der Waals surface area contributed by atoms with Gasteiger partial charge >= 0.3 is 0 Å². The van der Waals surface area contributed by atoms with E-state index < -0.39 is 16.1 Å². The van der Waals surface area contributed by atoms with Gasteiger partial charge in [0.2, 0.25) is 0 Å². The molecule has 7 heteroatoms. The van der Waals surface area contributed by atoms with Crippen molar-refractivity contribution in [2.45, 2.75) is 17.9 Å². The molecule has 1 unspecified atom stereocenters. The highest BCUT2D eigenvalue weighted by atomic mass is 32.2. The molecular weight excluding hydrogens is 462 g/mol. The zero-order valence-corrected chi connectivity index (χ0v) is 20.5. The molecule has 1 aromatic heterocycles. The van der Waals surface area contributed by atoms with E-state index in [1.54, 1.807) is 55.8 Å². The van der Waals surface area contributed by atoms with Crippen LogP contribution in [0.4, 0.5) is 5.69 Å². The molecule has 5 rings (SSSR count). The van der Waals surface area contributed by atoms with Gasteiger partial charge in [-0.25, -0.2) is 8.42 Å². The van der Waals surface area contributed by atoms with E-state index >= 15 is 0 Å². The zero-order valence-electron chi connectivity index (χ0n) is 19.6. The van der Waals surface area contributed by atoms with Crippen molar-refractivity contribution in [2.75, 3.05) is 18.5 Å². The second-order valence-electron chi connectivity index (χ2n) is 8.24. The highest BCUT2D eigenvalue weighted by Gasteiger charge is 2.39. The van der Waals surface area contributed by atoms with E-state index in [0.717, 1.165) is 16.7 Å². The number of hydrogen-bond donors (Lipinski definition) is 0. The van der Waals surface area contributed by atoms with Gasteiger partial charge in [0.1, 0.15) is 11.8 Å². The molecule has 2 heterocycles. The van der Waals surface area contributed by atoms with Crippen molar-refractivity contribution >= 4 is 21.3 Å². The van der Waals surface area contributed by atoms with Gasteiger partial charge in [0, 0.05) is 11.6 Å². The average molecular weight is 488 g/mol. The third-order valence-electron chi connectivity index (χ3n) is 6.10. The summed E-state index contributed by atoms with van der Waals surface area (Å²) in [5.74, 6) is 1.45.